The number of allylic oxidation sites excluding steroid dienone is 3. The summed E-state index contributed by atoms with van der Waals surface area (Å²) in [6.45, 7) is 5.75. The Morgan fingerprint density at radius 2 is 1.75 bits per heavy atom. The van der Waals surface area contributed by atoms with Crippen molar-refractivity contribution in [2.24, 2.45) is 0 Å². The zero-order valence-electron chi connectivity index (χ0n) is 6.83. The van der Waals surface area contributed by atoms with Crippen molar-refractivity contribution in [3.05, 3.63) is 23.8 Å². The van der Waals surface area contributed by atoms with Crippen LogP contribution in [0.3, 0.4) is 0 Å². The first-order valence-corrected chi connectivity index (χ1v) is 3.20. The number of carbonyl (C=O) groups is 1. The Labute approximate surface area is 68.6 Å². The molecule has 0 heterocycles. The summed E-state index contributed by atoms with van der Waals surface area (Å²) in [4.78, 5) is 10.7. The van der Waals surface area contributed by atoms with E-state index < -0.39 is 17.5 Å². The molecule has 0 aliphatic carbocycles. The van der Waals surface area contributed by atoms with Gasteiger partial charge in [0.2, 0.25) is 0 Å². The monoisotopic (exact) mass is 178 g/mol. The number of alkyl halides is 3. The molecule has 0 aliphatic heterocycles. The summed E-state index contributed by atoms with van der Waals surface area (Å²) in [5.41, 5.74) is -0.811. The largest absolute Gasteiger partial charge is 0.419 e. The van der Waals surface area contributed by atoms with Gasteiger partial charge < -0.3 is 0 Å². The smallest absolute Gasteiger partial charge is 0.289 e. The molecule has 0 radical (unpaired) electrons. The summed E-state index contributed by atoms with van der Waals surface area (Å²) in [5.74, 6) is -1.08. The minimum atomic E-state index is -4.62. The maximum atomic E-state index is 11.8. The molecule has 0 saturated carbocycles. The molecule has 68 valence electrons. The van der Waals surface area contributed by atoms with E-state index in [-0.39, 0.29) is 0 Å². The maximum Gasteiger partial charge on any atom is 0.419 e. The van der Waals surface area contributed by atoms with Crippen LogP contribution in [0.2, 0.25) is 0 Å². The Balaban J connectivity index is 4.54. The summed E-state index contributed by atoms with van der Waals surface area (Å²) < 4.78 is 35.4. The molecule has 0 atom stereocenters. The zero-order valence-corrected chi connectivity index (χ0v) is 6.83. The Morgan fingerprint density at radius 3 is 2.00 bits per heavy atom. The topological polar surface area (TPSA) is 17.1 Å². The van der Waals surface area contributed by atoms with E-state index in [1.54, 1.807) is 13.8 Å². The zero-order chi connectivity index (χ0) is 9.94. The van der Waals surface area contributed by atoms with Gasteiger partial charge in [-0.25, -0.2) is 0 Å². The van der Waals surface area contributed by atoms with E-state index in [0.29, 0.717) is 5.57 Å². The van der Waals surface area contributed by atoms with E-state index in [1.807, 2.05) is 0 Å². The number of ketones is 1. The third-order valence-electron chi connectivity index (χ3n) is 1.06. The van der Waals surface area contributed by atoms with Crippen LogP contribution < -0.4 is 0 Å². The summed E-state index contributed by atoms with van der Waals surface area (Å²) >= 11 is 0. The highest BCUT2D eigenvalue weighted by Crippen LogP contribution is 2.24. The molecule has 0 fully saturated rings. The minimum absolute atomic E-state index is 0.519. The van der Waals surface area contributed by atoms with E-state index in [4.69, 9.17) is 0 Å². The second kappa shape index (κ2) is 3.56. The lowest BCUT2D eigenvalue weighted by Crippen LogP contribution is -2.17. The molecule has 0 aromatic rings. The van der Waals surface area contributed by atoms with Crippen molar-refractivity contribution in [1.29, 1.82) is 0 Å². The van der Waals surface area contributed by atoms with Crippen LogP contribution in [0.1, 0.15) is 13.8 Å². The molecule has 0 rings (SSSR count). The fourth-order valence-corrected chi connectivity index (χ4v) is 0.489. The second-order valence-electron chi connectivity index (χ2n) is 2.56. The predicted octanol–water partition coefficient (Wildman–Crippen LogP) is 2.64. The van der Waals surface area contributed by atoms with Gasteiger partial charge in [-0.1, -0.05) is 12.2 Å². The van der Waals surface area contributed by atoms with E-state index in [9.17, 15) is 18.0 Å². The molecular formula is C8H9F3O. The van der Waals surface area contributed by atoms with Crippen LogP contribution in [0.25, 0.3) is 0 Å². The molecular weight excluding hydrogens is 169 g/mol. The summed E-state index contributed by atoms with van der Waals surface area (Å²) in [6, 6.07) is 0. The van der Waals surface area contributed by atoms with Crippen LogP contribution in [-0.4, -0.2) is 12.0 Å². The van der Waals surface area contributed by atoms with E-state index in [2.05, 4.69) is 6.58 Å². The highest BCUT2D eigenvalue weighted by Gasteiger charge is 2.35. The van der Waals surface area contributed by atoms with Crippen LogP contribution in [0, 0.1) is 0 Å². The SMILES string of the molecule is C=C(C(=O)C=C(C)C)C(F)(F)F. The number of rotatable bonds is 2. The molecule has 0 spiro atoms. The van der Waals surface area contributed by atoms with Crippen LogP contribution in [0.5, 0.6) is 0 Å². The van der Waals surface area contributed by atoms with Crippen LogP contribution in [0.15, 0.2) is 23.8 Å². The van der Waals surface area contributed by atoms with Crippen molar-refractivity contribution < 1.29 is 18.0 Å². The van der Waals surface area contributed by atoms with Gasteiger partial charge in [0.1, 0.15) is 0 Å². The van der Waals surface area contributed by atoms with E-state index >= 15 is 0 Å². The molecule has 0 unspecified atom stereocenters. The van der Waals surface area contributed by atoms with Crippen molar-refractivity contribution in [3.63, 3.8) is 0 Å². The van der Waals surface area contributed by atoms with Crippen molar-refractivity contribution in [1.82, 2.24) is 0 Å². The minimum Gasteiger partial charge on any atom is -0.289 e. The average Bonchev–Trinajstić information content (AvgIpc) is 1.82. The number of carbonyl (C=O) groups excluding carboxylic acids is 1. The number of hydrogen-bond donors (Lipinski definition) is 0. The molecule has 0 amide bonds. The van der Waals surface area contributed by atoms with Gasteiger partial charge >= 0.3 is 6.18 Å². The Kier molecular flexibility index (Phi) is 3.24. The van der Waals surface area contributed by atoms with Crippen LogP contribution in [0.4, 0.5) is 13.2 Å². The maximum absolute atomic E-state index is 11.8. The first-order valence-electron chi connectivity index (χ1n) is 3.20. The Morgan fingerprint density at radius 1 is 1.33 bits per heavy atom. The average molecular weight is 178 g/mol. The van der Waals surface area contributed by atoms with Crippen molar-refractivity contribution >= 4 is 5.78 Å². The molecule has 0 N–H and O–H groups in total. The second-order valence-corrected chi connectivity index (χ2v) is 2.56. The lowest BCUT2D eigenvalue weighted by atomic mass is 10.1. The van der Waals surface area contributed by atoms with Gasteiger partial charge in [0.15, 0.2) is 5.78 Å². The van der Waals surface area contributed by atoms with Gasteiger partial charge in [-0.2, -0.15) is 13.2 Å². The van der Waals surface area contributed by atoms with Crippen LogP contribution in [-0.2, 0) is 4.79 Å². The quantitative estimate of drug-likeness (QED) is 0.594. The molecule has 0 aromatic carbocycles. The van der Waals surface area contributed by atoms with Gasteiger partial charge in [0.05, 0.1) is 5.57 Å². The van der Waals surface area contributed by atoms with Crippen molar-refractivity contribution in [3.8, 4) is 0 Å². The third-order valence-corrected chi connectivity index (χ3v) is 1.06. The Hall–Kier alpha value is -1.06. The fourth-order valence-electron chi connectivity index (χ4n) is 0.489. The number of halogens is 3. The van der Waals surface area contributed by atoms with Gasteiger partial charge in [-0.15, -0.1) is 0 Å². The van der Waals surface area contributed by atoms with Crippen molar-refractivity contribution in [2.45, 2.75) is 20.0 Å². The highest BCUT2D eigenvalue weighted by atomic mass is 19.4. The van der Waals surface area contributed by atoms with Crippen molar-refractivity contribution in [2.75, 3.05) is 0 Å². The third kappa shape index (κ3) is 3.37. The summed E-state index contributed by atoms with van der Waals surface area (Å²) in [5, 5.41) is 0. The Bertz CT molecular complexity index is 231. The standard InChI is InChI=1S/C8H9F3O/c1-5(2)4-7(12)6(3)8(9,10)11/h4H,3H2,1-2H3. The molecule has 0 bridgehead atoms. The van der Waals surface area contributed by atoms with E-state index in [1.165, 1.54) is 0 Å². The molecule has 12 heavy (non-hydrogen) atoms. The molecule has 0 aliphatic rings. The van der Waals surface area contributed by atoms with Gasteiger partial charge in [0, 0.05) is 0 Å². The van der Waals surface area contributed by atoms with Gasteiger partial charge in [0.25, 0.3) is 0 Å². The first-order chi connectivity index (χ1) is 5.25. The summed E-state index contributed by atoms with van der Waals surface area (Å²) in [6.07, 6.45) is -3.71. The fraction of sp³-hybridized carbons (Fsp3) is 0.375. The number of hydrogen-bond acceptors (Lipinski definition) is 1. The molecule has 1 nitrogen and oxygen atoms in total. The highest BCUT2D eigenvalue weighted by molar-refractivity contribution is 6.04. The van der Waals surface area contributed by atoms with E-state index in [0.717, 1.165) is 6.08 Å². The van der Waals surface area contributed by atoms with Gasteiger partial charge in [-0.3, -0.25) is 4.79 Å². The molecule has 4 heteroatoms. The lowest BCUT2D eigenvalue weighted by molar-refractivity contribution is -0.124. The molecule has 0 aromatic heterocycles. The van der Waals surface area contributed by atoms with Crippen LogP contribution >= 0.6 is 0 Å². The molecule has 0 saturated heterocycles. The predicted molar refractivity (Wildman–Crippen MR) is 39.6 cm³/mol. The summed E-state index contributed by atoms with van der Waals surface area (Å²) in [7, 11) is 0. The lowest BCUT2D eigenvalue weighted by Gasteiger charge is -2.05. The normalized spacial score (nSPS) is 10.8. The first kappa shape index (κ1) is 10.9. The van der Waals surface area contributed by atoms with Gasteiger partial charge in [-0.05, 0) is 19.9 Å².